The SMILES string of the molecule is CCCCN1C(=S)N[C@H](c2ccccn2)[C@H]1c1ccc(-c2ccccc2[N+](=O)[O-])o1. The maximum Gasteiger partial charge on any atom is 0.280 e. The Balaban J connectivity index is 1.74. The number of nitrogens with zero attached hydrogens (tertiary/aromatic N) is 3. The molecule has 1 fully saturated rings. The lowest BCUT2D eigenvalue weighted by Crippen LogP contribution is -2.30. The summed E-state index contributed by atoms with van der Waals surface area (Å²) in [6, 6.07) is 15.7. The molecule has 0 spiro atoms. The first-order valence-corrected chi connectivity index (χ1v) is 10.3. The van der Waals surface area contributed by atoms with Crippen molar-refractivity contribution in [2.45, 2.75) is 31.8 Å². The van der Waals surface area contributed by atoms with Gasteiger partial charge >= 0.3 is 0 Å². The van der Waals surface area contributed by atoms with E-state index in [1.54, 1.807) is 30.5 Å². The monoisotopic (exact) mass is 422 g/mol. The number of unbranched alkanes of at least 4 members (excludes halogenated alkanes) is 1. The Morgan fingerprint density at radius 1 is 1.20 bits per heavy atom. The fraction of sp³-hybridized carbons (Fsp3) is 0.273. The van der Waals surface area contributed by atoms with Gasteiger partial charge in [-0.05, 0) is 49.0 Å². The van der Waals surface area contributed by atoms with Gasteiger partial charge in [-0.15, -0.1) is 0 Å². The molecule has 1 aromatic carbocycles. The van der Waals surface area contributed by atoms with Crippen molar-refractivity contribution < 1.29 is 9.34 Å². The predicted octanol–water partition coefficient (Wildman–Crippen LogP) is 5.02. The van der Waals surface area contributed by atoms with Crippen molar-refractivity contribution in [3.05, 3.63) is 82.4 Å². The van der Waals surface area contributed by atoms with E-state index in [1.165, 1.54) is 6.07 Å². The van der Waals surface area contributed by atoms with Gasteiger partial charge in [0, 0.05) is 18.8 Å². The van der Waals surface area contributed by atoms with Crippen LogP contribution >= 0.6 is 12.2 Å². The maximum atomic E-state index is 11.4. The zero-order valence-corrected chi connectivity index (χ0v) is 17.3. The summed E-state index contributed by atoms with van der Waals surface area (Å²) in [4.78, 5) is 17.7. The molecule has 1 N–H and O–H groups in total. The molecule has 2 aromatic heterocycles. The molecule has 154 valence electrons. The fourth-order valence-electron chi connectivity index (χ4n) is 3.78. The van der Waals surface area contributed by atoms with Crippen LogP contribution in [0.1, 0.15) is 43.3 Å². The molecule has 1 aliphatic heterocycles. The molecule has 0 bridgehead atoms. The van der Waals surface area contributed by atoms with E-state index in [0.29, 0.717) is 22.2 Å². The van der Waals surface area contributed by atoms with E-state index in [2.05, 4.69) is 22.1 Å². The second-order valence-corrected chi connectivity index (χ2v) is 7.54. The highest BCUT2D eigenvalue weighted by molar-refractivity contribution is 7.80. The van der Waals surface area contributed by atoms with Crippen LogP contribution in [0.5, 0.6) is 0 Å². The van der Waals surface area contributed by atoms with E-state index in [9.17, 15) is 10.1 Å². The van der Waals surface area contributed by atoms with Gasteiger partial charge in [-0.3, -0.25) is 15.1 Å². The van der Waals surface area contributed by atoms with E-state index in [0.717, 1.165) is 25.1 Å². The lowest BCUT2D eigenvalue weighted by atomic mass is 10.0. The Kier molecular flexibility index (Phi) is 5.76. The van der Waals surface area contributed by atoms with Crippen LogP contribution in [0.3, 0.4) is 0 Å². The van der Waals surface area contributed by atoms with Crippen LogP contribution in [0.25, 0.3) is 11.3 Å². The van der Waals surface area contributed by atoms with Crippen molar-refractivity contribution >= 4 is 23.0 Å². The van der Waals surface area contributed by atoms with Gasteiger partial charge in [0.05, 0.1) is 22.2 Å². The summed E-state index contributed by atoms with van der Waals surface area (Å²) in [5.41, 5.74) is 1.34. The van der Waals surface area contributed by atoms with Gasteiger partial charge in [0.25, 0.3) is 5.69 Å². The van der Waals surface area contributed by atoms with E-state index in [4.69, 9.17) is 16.6 Å². The Hall–Kier alpha value is -3.26. The largest absolute Gasteiger partial charge is 0.459 e. The summed E-state index contributed by atoms with van der Waals surface area (Å²) < 4.78 is 6.18. The normalized spacial score (nSPS) is 18.4. The summed E-state index contributed by atoms with van der Waals surface area (Å²) >= 11 is 5.62. The standard InChI is InChI=1S/C22H22N4O3S/c1-2-3-14-25-21(20(24-22(25)30)16-9-6-7-13-23-16)19-12-11-18(29-19)15-8-4-5-10-17(15)26(27)28/h4-13,20-21H,2-3,14H2,1H3,(H,24,30)/t20-,21-/m1/s1. The van der Waals surface area contributed by atoms with Crippen molar-refractivity contribution in [2.24, 2.45) is 0 Å². The minimum Gasteiger partial charge on any atom is -0.459 e. The molecule has 7 nitrogen and oxygen atoms in total. The highest BCUT2D eigenvalue weighted by Gasteiger charge is 2.41. The molecule has 0 amide bonds. The quantitative estimate of drug-likeness (QED) is 0.325. The second kappa shape index (κ2) is 8.62. The van der Waals surface area contributed by atoms with Crippen LogP contribution in [0.2, 0.25) is 0 Å². The summed E-state index contributed by atoms with van der Waals surface area (Å²) in [7, 11) is 0. The van der Waals surface area contributed by atoms with Gasteiger partial charge in [0.15, 0.2) is 5.11 Å². The van der Waals surface area contributed by atoms with Gasteiger partial charge in [0.1, 0.15) is 17.6 Å². The summed E-state index contributed by atoms with van der Waals surface area (Å²) in [6.45, 7) is 2.93. The Labute approximate surface area is 179 Å². The van der Waals surface area contributed by atoms with Crippen LogP contribution < -0.4 is 5.32 Å². The molecule has 0 aliphatic carbocycles. The number of nitro benzene ring substituents is 1. The molecule has 0 radical (unpaired) electrons. The second-order valence-electron chi connectivity index (χ2n) is 7.15. The average molecular weight is 423 g/mol. The Bertz CT molecular complexity index is 1050. The first kappa shape index (κ1) is 20.0. The molecule has 30 heavy (non-hydrogen) atoms. The van der Waals surface area contributed by atoms with E-state index in [-0.39, 0.29) is 17.8 Å². The molecule has 0 unspecified atom stereocenters. The number of thiocarbonyl (C=S) groups is 1. The number of para-hydroxylation sites is 1. The number of pyridine rings is 1. The van der Waals surface area contributed by atoms with Crippen LogP contribution in [0.4, 0.5) is 5.69 Å². The predicted molar refractivity (Wildman–Crippen MR) is 118 cm³/mol. The Morgan fingerprint density at radius 3 is 2.73 bits per heavy atom. The Morgan fingerprint density at radius 2 is 2.00 bits per heavy atom. The average Bonchev–Trinajstić information content (AvgIpc) is 3.37. The van der Waals surface area contributed by atoms with Crippen LogP contribution in [0, 0.1) is 10.1 Å². The van der Waals surface area contributed by atoms with Gasteiger partial charge in [-0.2, -0.15) is 0 Å². The molecule has 1 aliphatic rings. The highest BCUT2D eigenvalue weighted by Crippen LogP contribution is 2.41. The summed E-state index contributed by atoms with van der Waals surface area (Å²) in [6.07, 6.45) is 3.79. The van der Waals surface area contributed by atoms with Gasteiger partial charge in [0.2, 0.25) is 0 Å². The molecular formula is C22H22N4O3S. The van der Waals surface area contributed by atoms with Crippen molar-refractivity contribution in [2.75, 3.05) is 6.54 Å². The molecule has 3 aromatic rings. The topological polar surface area (TPSA) is 84.4 Å². The number of hydrogen-bond acceptors (Lipinski definition) is 5. The van der Waals surface area contributed by atoms with Crippen molar-refractivity contribution in [1.29, 1.82) is 0 Å². The third-order valence-corrected chi connectivity index (χ3v) is 5.59. The number of rotatable bonds is 7. The first-order valence-electron chi connectivity index (χ1n) is 9.91. The van der Waals surface area contributed by atoms with Gasteiger partial charge in [-0.1, -0.05) is 31.5 Å². The lowest BCUT2D eigenvalue weighted by Gasteiger charge is -2.25. The van der Waals surface area contributed by atoms with Crippen molar-refractivity contribution in [3.63, 3.8) is 0 Å². The minimum atomic E-state index is -0.395. The third-order valence-electron chi connectivity index (χ3n) is 5.23. The third kappa shape index (κ3) is 3.78. The first-order chi connectivity index (χ1) is 14.6. The van der Waals surface area contributed by atoms with Crippen LogP contribution in [-0.4, -0.2) is 26.5 Å². The van der Waals surface area contributed by atoms with Gasteiger partial charge < -0.3 is 14.6 Å². The summed E-state index contributed by atoms with van der Waals surface area (Å²) in [5, 5.41) is 15.5. The number of benzene rings is 1. The van der Waals surface area contributed by atoms with E-state index in [1.807, 2.05) is 24.3 Å². The molecule has 1 saturated heterocycles. The summed E-state index contributed by atoms with van der Waals surface area (Å²) in [5.74, 6) is 1.16. The number of furan rings is 1. The fourth-order valence-corrected chi connectivity index (χ4v) is 4.11. The number of nitrogens with one attached hydrogen (secondary N) is 1. The molecular weight excluding hydrogens is 400 g/mol. The number of nitro groups is 1. The zero-order valence-electron chi connectivity index (χ0n) is 16.5. The smallest absolute Gasteiger partial charge is 0.280 e. The molecule has 8 heteroatoms. The number of aromatic nitrogens is 1. The molecule has 4 rings (SSSR count). The van der Waals surface area contributed by atoms with E-state index < -0.39 is 4.92 Å². The minimum absolute atomic E-state index is 0.0163. The van der Waals surface area contributed by atoms with Gasteiger partial charge in [-0.25, -0.2) is 0 Å². The highest BCUT2D eigenvalue weighted by atomic mass is 32.1. The van der Waals surface area contributed by atoms with E-state index >= 15 is 0 Å². The maximum absolute atomic E-state index is 11.4. The lowest BCUT2D eigenvalue weighted by molar-refractivity contribution is -0.384. The molecule has 0 saturated carbocycles. The van der Waals surface area contributed by atoms with Crippen molar-refractivity contribution in [1.82, 2.24) is 15.2 Å². The zero-order chi connectivity index (χ0) is 21.1. The van der Waals surface area contributed by atoms with Crippen LogP contribution in [-0.2, 0) is 0 Å². The number of hydrogen-bond donors (Lipinski definition) is 1. The molecule has 3 heterocycles. The van der Waals surface area contributed by atoms with Crippen molar-refractivity contribution in [3.8, 4) is 11.3 Å². The van der Waals surface area contributed by atoms with Crippen LogP contribution in [0.15, 0.2) is 65.2 Å². The molecule has 2 atom stereocenters.